The van der Waals surface area contributed by atoms with E-state index in [1.54, 1.807) is 18.0 Å². The van der Waals surface area contributed by atoms with Gasteiger partial charge in [0.25, 0.3) is 5.91 Å². The van der Waals surface area contributed by atoms with Crippen LogP contribution in [0.1, 0.15) is 13.8 Å². The third kappa shape index (κ3) is 3.04. The molecular weight excluding hydrogens is 340 g/mol. The van der Waals surface area contributed by atoms with Crippen LogP contribution in [-0.4, -0.2) is 28.7 Å². The number of carbonyl (C=O) groups excluding carboxylic acids is 1. The number of aliphatic hydroxyl groups is 1. The van der Waals surface area contributed by atoms with Gasteiger partial charge >= 0.3 is 0 Å². The number of carbonyl (C=O) groups is 1. The van der Waals surface area contributed by atoms with Crippen LogP contribution in [-0.2, 0) is 4.79 Å². The normalized spacial score (nSPS) is 23.8. The quantitative estimate of drug-likeness (QED) is 0.855. The molecular formula is C21H20N4O2. The second-order valence-corrected chi connectivity index (χ2v) is 6.58. The topological polar surface area (TPSA) is 68.5 Å². The van der Waals surface area contributed by atoms with Crippen molar-refractivity contribution in [1.82, 2.24) is 0 Å². The molecule has 0 saturated heterocycles. The van der Waals surface area contributed by atoms with Gasteiger partial charge in [-0.05, 0) is 38.1 Å². The summed E-state index contributed by atoms with van der Waals surface area (Å²) in [6.07, 6.45) is 0.905. The third-order valence-corrected chi connectivity index (χ3v) is 4.75. The highest BCUT2D eigenvalue weighted by molar-refractivity contribution is 6.30. The lowest BCUT2D eigenvalue weighted by Gasteiger charge is -2.22. The van der Waals surface area contributed by atoms with Gasteiger partial charge in [-0.25, -0.2) is 5.01 Å². The van der Waals surface area contributed by atoms with Crippen LogP contribution in [0, 0.1) is 5.92 Å². The summed E-state index contributed by atoms with van der Waals surface area (Å²) in [4.78, 5) is 12.9. The lowest BCUT2D eigenvalue weighted by atomic mass is 9.98. The van der Waals surface area contributed by atoms with Crippen LogP contribution < -0.4 is 10.0 Å². The molecule has 2 aliphatic heterocycles. The maximum Gasteiger partial charge on any atom is 0.280 e. The van der Waals surface area contributed by atoms with Gasteiger partial charge in [0.05, 0.1) is 28.6 Å². The van der Waals surface area contributed by atoms with E-state index in [1.807, 2.05) is 67.6 Å². The summed E-state index contributed by atoms with van der Waals surface area (Å²) >= 11 is 0. The van der Waals surface area contributed by atoms with Crippen LogP contribution in [0.2, 0.25) is 0 Å². The molecule has 6 nitrogen and oxygen atoms in total. The lowest BCUT2D eigenvalue weighted by molar-refractivity contribution is -0.114. The van der Waals surface area contributed by atoms with Crippen LogP contribution in [0.4, 0.5) is 11.4 Å². The number of amides is 1. The molecule has 0 spiro atoms. The van der Waals surface area contributed by atoms with Crippen molar-refractivity contribution in [3.05, 3.63) is 72.3 Å². The van der Waals surface area contributed by atoms with E-state index in [4.69, 9.17) is 0 Å². The Hall–Kier alpha value is -3.25. The van der Waals surface area contributed by atoms with Gasteiger partial charge in [0.1, 0.15) is 0 Å². The number of hydrogen-bond acceptors (Lipinski definition) is 5. The SMILES string of the molecule is CC1=NN(c2ccccc2)C(=O)/C1=C\[C@@H]1C(C)=NN(c2ccccc2)[C@H]1O. The van der Waals surface area contributed by atoms with Gasteiger partial charge in [-0.3, -0.25) is 4.79 Å². The fourth-order valence-electron chi connectivity index (χ4n) is 3.30. The first-order valence-electron chi connectivity index (χ1n) is 8.80. The van der Waals surface area contributed by atoms with E-state index in [1.165, 1.54) is 5.01 Å². The Morgan fingerprint density at radius 2 is 1.52 bits per heavy atom. The molecule has 2 aliphatic rings. The summed E-state index contributed by atoms with van der Waals surface area (Å²) in [7, 11) is 0. The van der Waals surface area contributed by atoms with Crippen molar-refractivity contribution < 1.29 is 9.90 Å². The van der Waals surface area contributed by atoms with Crippen molar-refractivity contribution in [2.45, 2.75) is 20.1 Å². The third-order valence-electron chi connectivity index (χ3n) is 4.75. The Bertz CT molecular complexity index is 951. The second kappa shape index (κ2) is 6.81. The molecule has 2 aromatic rings. The molecule has 1 amide bonds. The highest BCUT2D eigenvalue weighted by atomic mass is 16.3. The van der Waals surface area contributed by atoms with E-state index in [-0.39, 0.29) is 11.8 Å². The summed E-state index contributed by atoms with van der Waals surface area (Å²) in [5, 5.41) is 22.6. The number of aliphatic hydroxyl groups excluding tert-OH is 1. The standard InChI is InChI=1S/C21H20N4O2/c1-14-18(20(26)24(22-14)16-9-5-3-6-10-16)13-19-15(2)23-25(21(19)27)17-11-7-4-8-12-17/h3-13,18,20,26H,1-2H3/b19-13-/t18-,20+/m1/s1. The molecule has 2 heterocycles. The second-order valence-electron chi connectivity index (χ2n) is 6.58. The smallest absolute Gasteiger partial charge is 0.280 e. The number of rotatable bonds is 3. The summed E-state index contributed by atoms with van der Waals surface area (Å²) in [6.45, 7) is 3.66. The van der Waals surface area contributed by atoms with Crippen LogP contribution in [0.15, 0.2) is 82.5 Å². The van der Waals surface area contributed by atoms with Crippen molar-refractivity contribution in [3.63, 3.8) is 0 Å². The molecule has 2 atom stereocenters. The summed E-state index contributed by atoms with van der Waals surface area (Å²) < 4.78 is 0. The summed E-state index contributed by atoms with van der Waals surface area (Å²) in [5.41, 5.74) is 3.39. The number of nitrogens with zero attached hydrogens (tertiary/aromatic N) is 4. The van der Waals surface area contributed by atoms with E-state index in [0.29, 0.717) is 17.0 Å². The van der Waals surface area contributed by atoms with Crippen LogP contribution in [0.3, 0.4) is 0 Å². The van der Waals surface area contributed by atoms with E-state index in [2.05, 4.69) is 10.2 Å². The largest absolute Gasteiger partial charge is 0.371 e. The first-order chi connectivity index (χ1) is 13.1. The minimum Gasteiger partial charge on any atom is -0.371 e. The maximum absolute atomic E-state index is 12.9. The molecule has 136 valence electrons. The zero-order chi connectivity index (χ0) is 19.0. The fourth-order valence-corrected chi connectivity index (χ4v) is 3.30. The van der Waals surface area contributed by atoms with E-state index >= 15 is 0 Å². The predicted octanol–water partition coefficient (Wildman–Crippen LogP) is 3.17. The van der Waals surface area contributed by atoms with Crippen LogP contribution >= 0.6 is 0 Å². The van der Waals surface area contributed by atoms with Gasteiger partial charge < -0.3 is 5.11 Å². The molecule has 0 radical (unpaired) electrons. The lowest BCUT2D eigenvalue weighted by Crippen LogP contribution is -2.32. The Morgan fingerprint density at radius 1 is 0.926 bits per heavy atom. The monoisotopic (exact) mass is 360 g/mol. The minimum absolute atomic E-state index is 0.197. The average Bonchev–Trinajstić information content (AvgIpc) is 3.14. The molecule has 0 unspecified atom stereocenters. The predicted molar refractivity (Wildman–Crippen MR) is 107 cm³/mol. The average molecular weight is 360 g/mol. The Labute approximate surface area is 157 Å². The molecule has 6 heteroatoms. The molecule has 4 rings (SSSR count). The van der Waals surface area contributed by atoms with Crippen LogP contribution in [0.25, 0.3) is 0 Å². The van der Waals surface area contributed by atoms with Gasteiger partial charge in [0.2, 0.25) is 0 Å². The van der Waals surface area contributed by atoms with Crippen LogP contribution in [0.5, 0.6) is 0 Å². The fraction of sp³-hybridized carbons (Fsp3) is 0.190. The van der Waals surface area contributed by atoms with Gasteiger partial charge in [0, 0.05) is 5.71 Å². The van der Waals surface area contributed by atoms with E-state index < -0.39 is 6.23 Å². The van der Waals surface area contributed by atoms with Crippen molar-refractivity contribution in [2.75, 3.05) is 10.0 Å². The van der Waals surface area contributed by atoms with Crippen molar-refractivity contribution in [1.29, 1.82) is 0 Å². The Balaban J connectivity index is 1.62. The number of hydrazone groups is 2. The summed E-state index contributed by atoms with van der Waals surface area (Å²) in [6, 6.07) is 18.8. The maximum atomic E-state index is 12.9. The molecule has 1 N–H and O–H groups in total. The van der Waals surface area contributed by atoms with Gasteiger partial charge in [-0.15, -0.1) is 0 Å². The highest BCUT2D eigenvalue weighted by Crippen LogP contribution is 2.30. The van der Waals surface area contributed by atoms with E-state index in [0.717, 1.165) is 11.4 Å². The van der Waals surface area contributed by atoms with E-state index in [9.17, 15) is 9.90 Å². The number of benzene rings is 2. The molecule has 0 aliphatic carbocycles. The molecule has 0 bridgehead atoms. The number of anilines is 2. The number of hydrogen-bond donors (Lipinski definition) is 1. The van der Waals surface area contributed by atoms with Gasteiger partial charge in [-0.1, -0.05) is 42.5 Å². The molecule has 0 saturated carbocycles. The van der Waals surface area contributed by atoms with Crippen molar-refractivity contribution >= 4 is 28.7 Å². The van der Waals surface area contributed by atoms with Gasteiger partial charge in [0.15, 0.2) is 6.23 Å². The molecule has 0 aromatic heterocycles. The van der Waals surface area contributed by atoms with Crippen molar-refractivity contribution in [2.24, 2.45) is 16.1 Å². The number of para-hydroxylation sites is 2. The first kappa shape index (κ1) is 17.2. The summed E-state index contributed by atoms with van der Waals surface area (Å²) in [5.74, 6) is -0.582. The minimum atomic E-state index is -0.869. The Kier molecular flexibility index (Phi) is 4.33. The highest BCUT2D eigenvalue weighted by Gasteiger charge is 2.36. The zero-order valence-electron chi connectivity index (χ0n) is 15.1. The van der Waals surface area contributed by atoms with Crippen molar-refractivity contribution in [3.8, 4) is 0 Å². The first-order valence-corrected chi connectivity index (χ1v) is 8.80. The Morgan fingerprint density at radius 3 is 2.15 bits per heavy atom. The molecule has 0 fully saturated rings. The molecule has 27 heavy (non-hydrogen) atoms. The van der Waals surface area contributed by atoms with Gasteiger partial charge in [-0.2, -0.15) is 15.2 Å². The molecule has 2 aromatic carbocycles. The zero-order valence-corrected chi connectivity index (χ0v) is 15.1.